The normalized spacial score (nSPS) is 16.7. The van der Waals surface area contributed by atoms with Crippen LogP contribution in [0, 0.1) is 5.82 Å². The lowest BCUT2D eigenvalue weighted by atomic mass is 10.1. The highest BCUT2D eigenvalue weighted by molar-refractivity contribution is 6.05. The summed E-state index contributed by atoms with van der Waals surface area (Å²) in [6, 6.07) is 10.4. The molecular weight excluding hydrogens is 343 g/mol. The molecule has 5 nitrogen and oxygen atoms in total. The van der Waals surface area contributed by atoms with Crippen molar-refractivity contribution < 1.29 is 9.18 Å². The molecule has 1 aromatic heterocycles. The highest BCUT2D eigenvalue weighted by Gasteiger charge is 2.23. The highest BCUT2D eigenvalue weighted by Crippen LogP contribution is 2.24. The molecule has 0 bridgehead atoms. The van der Waals surface area contributed by atoms with Crippen LogP contribution in [0.15, 0.2) is 42.6 Å². The van der Waals surface area contributed by atoms with Gasteiger partial charge in [0.2, 0.25) is 0 Å². The standard InChI is InChI=1S/C21H27FN4O/c1-16(2)25-11-5-12-26(21(27)19-6-3-4-9-24-19)20-14-18(22)8-7-17(20)15-23-10-13-25/h3-4,6-9,14,16,23H,5,10-13,15H2,1-2H3. The SMILES string of the molecule is CC(C)N1CCCN(C(=O)c2ccccn2)c2cc(F)ccc2CNCC1. The fourth-order valence-electron chi connectivity index (χ4n) is 3.40. The first kappa shape index (κ1) is 19.5. The molecule has 0 radical (unpaired) electrons. The molecule has 0 atom stereocenters. The van der Waals surface area contributed by atoms with Crippen LogP contribution in [0.1, 0.15) is 36.3 Å². The third-order valence-corrected chi connectivity index (χ3v) is 4.92. The number of anilines is 1. The van der Waals surface area contributed by atoms with E-state index in [0.29, 0.717) is 30.5 Å². The molecule has 2 aromatic rings. The molecule has 1 aliphatic rings. The first-order valence-electron chi connectivity index (χ1n) is 9.52. The van der Waals surface area contributed by atoms with Crippen LogP contribution in [0.3, 0.4) is 0 Å². The number of hydrogen-bond donors (Lipinski definition) is 1. The Kier molecular flexibility index (Phi) is 6.53. The second-order valence-corrected chi connectivity index (χ2v) is 7.10. The molecule has 0 fully saturated rings. The summed E-state index contributed by atoms with van der Waals surface area (Å²) in [5, 5.41) is 3.42. The van der Waals surface area contributed by atoms with Gasteiger partial charge in [-0.05, 0) is 50.1 Å². The van der Waals surface area contributed by atoms with Gasteiger partial charge in [-0.15, -0.1) is 0 Å². The molecule has 1 aromatic carbocycles. The van der Waals surface area contributed by atoms with Crippen molar-refractivity contribution in [2.24, 2.45) is 0 Å². The van der Waals surface area contributed by atoms with Crippen LogP contribution in [-0.2, 0) is 6.54 Å². The average Bonchev–Trinajstić information content (AvgIpc) is 2.71. The predicted molar refractivity (Wildman–Crippen MR) is 105 cm³/mol. The lowest BCUT2D eigenvalue weighted by Crippen LogP contribution is -2.39. The van der Waals surface area contributed by atoms with Crippen LogP contribution in [-0.4, -0.2) is 48.0 Å². The van der Waals surface area contributed by atoms with Crippen LogP contribution in [0.5, 0.6) is 0 Å². The Morgan fingerprint density at radius 1 is 1.19 bits per heavy atom. The Morgan fingerprint density at radius 3 is 2.78 bits per heavy atom. The van der Waals surface area contributed by atoms with Crippen LogP contribution >= 0.6 is 0 Å². The summed E-state index contributed by atoms with van der Waals surface area (Å²) >= 11 is 0. The minimum Gasteiger partial charge on any atom is -0.311 e. The quantitative estimate of drug-likeness (QED) is 0.883. The van der Waals surface area contributed by atoms with E-state index in [4.69, 9.17) is 0 Å². The van der Waals surface area contributed by atoms with E-state index in [1.165, 1.54) is 12.1 Å². The van der Waals surface area contributed by atoms with Crippen molar-refractivity contribution in [3.05, 3.63) is 59.7 Å². The number of nitrogens with zero attached hydrogens (tertiary/aromatic N) is 3. The average molecular weight is 370 g/mol. The third-order valence-electron chi connectivity index (χ3n) is 4.92. The molecule has 2 heterocycles. The van der Waals surface area contributed by atoms with Gasteiger partial charge in [0.1, 0.15) is 11.5 Å². The van der Waals surface area contributed by atoms with E-state index >= 15 is 0 Å². The van der Waals surface area contributed by atoms with E-state index in [0.717, 1.165) is 31.6 Å². The maximum absolute atomic E-state index is 14.0. The highest BCUT2D eigenvalue weighted by atomic mass is 19.1. The van der Waals surface area contributed by atoms with Crippen molar-refractivity contribution >= 4 is 11.6 Å². The summed E-state index contributed by atoms with van der Waals surface area (Å²) in [6.45, 7) is 8.16. The third kappa shape index (κ3) is 4.90. The van der Waals surface area contributed by atoms with E-state index in [1.807, 2.05) is 0 Å². The van der Waals surface area contributed by atoms with Crippen molar-refractivity contribution in [2.75, 3.05) is 31.1 Å². The fourth-order valence-corrected chi connectivity index (χ4v) is 3.40. The summed E-state index contributed by atoms with van der Waals surface area (Å²) in [5.41, 5.74) is 1.91. The Bertz CT molecular complexity index is 766. The molecule has 0 saturated heterocycles. The summed E-state index contributed by atoms with van der Waals surface area (Å²) in [4.78, 5) is 21.4. The Balaban J connectivity index is 1.95. The number of carbonyl (C=O) groups is 1. The summed E-state index contributed by atoms with van der Waals surface area (Å²) in [6.07, 6.45) is 2.42. The van der Waals surface area contributed by atoms with E-state index in [2.05, 4.69) is 29.0 Å². The monoisotopic (exact) mass is 370 g/mol. The number of benzene rings is 1. The van der Waals surface area contributed by atoms with Gasteiger partial charge in [-0.25, -0.2) is 4.39 Å². The molecule has 144 valence electrons. The molecule has 0 saturated carbocycles. The van der Waals surface area contributed by atoms with Crippen molar-refractivity contribution in [1.82, 2.24) is 15.2 Å². The number of hydrogen-bond acceptors (Lipinski definition) is 4. The molecular formula is C21H27FN4O. The lowest BCUT2D eigenvalue weighted by Gasteiger charge is -2.28. The first-order chi connectivity index (χ1) is 13.1. The van der Waals surface area contributed by atoms with Gasteiger partial charge < -0.3 is 10.2 Å². The van der Waals surface area contributed by atoms with Crippen molar-refractivity contribution in [2.45, 2.75) is 32.9 Å². The summed E-state index contributed by atoms with van der Waals surface area (Å²) in [7, 11) is 0. The van der Waals surface area contributed by atoms with Gasteiger partial charge >= 0.3 is 0 Å². The van der Waals surface area contributed by atoms with Crippen molar-refractivity contribution in [3.8, 4) is 0 Å². The molecule has 1 aliphatic heterocycles. The Hall–Kier alpha value is -2.31. The van der Waals surface area contributed by atoms with E-state index in [9.17, 15) is 9.18 Å². The van der Waals surface area contributed by atoms with Crippen LogP contribution in [0.2, 0.25) is 0 Å². The number of halogens is 1. The van der Waals surface area contributed by atoms with Gasteiger partial charge in [0.25, 0.3) is 5.91 Å². The molecule has 0 spiro atoms. The maximum Gasteiger partial charge on any atom is 0.276 e. The smallest absolute Gasteiger partial charge is 0.276 e. The minimum absolute atomic E-state index is 0.196. The molecule has 3 rings (SSSR count). The summed E-state index contributed by atoms with van der Waals surface area (Å²) in [5.74, 6) is -0.538. The van der Waals surface area contributed by atoms with Crippen LogP contribution in [0.25, 0.3) is 0 Å². The van der Waals surface area contributed by atoms with Crippen LogP contribution < -0.4 is 10.2 Å². The zero-order chi connectivity index (χ0) is 19.2. The minimum atomic E-state index is -0.341. The van der Waals surface area contributed by atoms with E-state index < -0.39 is 0 Å². The molecule has 1 N–H and O–H groups in total. The number of nitrogens with one attached hydrogen (secondary N) is 1. The Morgan fingerprint density at radius 2 is 2.04 bits per heavy atom. The number of carbonyl (C=O) groups excluding carboxylic acids is 1. The first-order valence-corrected chi connectivity index (χ1v) is 9.52. The van der Waals surface area contributed by atoms with Gasteiger partial charge in [-0.3, -0.25) is 14.7 Å². The van der Waals surface area contributed by atoms with Gasteiger partial charge in [0.05, 0.1) is 5.69 Å². The number of rotatable bonds is 2. The van der Waals surface area contributed by atoms with Gasteiger partial charge in [0, 0.05) is 45.0 Å². The molecule has 0 unspecified atom stereocenters. The largest absolute Gasteiger partial charge is 0.311 e. The second kappa shape index (κ2) is 9.06. The van der Waals surface area contributed by atoms with Crippen molar-refractivity contribution in [3.63, 3.8) is 0 Å². The molecule has 0 aliphatic carbocycles. The van der Waals surface area contributed by atoms with E-state index in [-0.39, 0.29) is 11.7 Å². The van der Waals surface area contributed by atoms with Gasteiger partial charge in [0.15, 0.2) is 0 Å². The fraction of sp³-hybridized carbons (Fsp3) is 0.429. The number of amides is 1. The van der Waals surface area contributed by atoms with Gasteiger partial charge in [-0.2, -0.15) is 0 Å². The Labute approximate surface area is 160 Å². The molecule has 27 heavy (non-hydrogen) atoms. The second-order valence-electron chi connectivity index (χ2n) is 7.10. The lowest BCUT2D eigenvalue weighted by molar-refractivity contribution is 0.0980. The molecule has 6 heteroatoms. The van der Waals surface area contributed by atoms with E-state index in [1.54, 1.807) is 35.4 Å². The topological polar surface area (TPSA) is 48.5 Å². The zero-order valence-corrected chi connectivity index (χ0v) is 16.0. The maximum atomic E-state index is 14.0. The number of pyridine rings is 1. The van der Waals surface area contributed by atoms with Gasteiger partial charge in [-0.1, -0.05) is 12.1 Å². The molecule has 1 amide bonds. The van der Waals surface area contributed by atoms with Crippen molar-refractivity contribution in [1.29, 1.82) is 0 Å². The summed E-state index contributed by atoms with van der Waals surface area (Å²) < 4.78 is 14.0. The number of aromatic nitrogens is 1. The van der Waals surface area contributed by atoms with Crippen LogP contribution in [0.4, 0.5) is 10.1 Å². The number of fused-ring (bicyclic) bond motifs is 1. The zero-order valence-electron chi connectivity index (χ0n) is 16.0. The predicted octanol–water partition coefficient (Wildman–Crippen LogP) is 3.07.